The highest BCUT2D eigenvalue weighted by Crippen LogP contribution is 2.69. The van der Waals surface area contributed by atoms with Crippen molar-refractivity contribution < 1.29 is 23.8 Å². The zero-order valence-electron chi connectivity index (χ0n) is 25.5. The first-order valence-corrected chi connectivity index (χ1v) is 17.3. The molecule has 2 heterocycles. The average Bonchev–Trinajstić information content (AvgIpc) is 3.70. The number of carbonyl (C=O) groups is 2. The van der Waals surface area contributed by atoms with Gasteiger partial charge in [0.1, 0.15) is 10.7 Å². The molecule has 0 saturated heterocycles. The molecule has 0 spiro atoms. The number of halogens is 1. The van der Waals surface area contributed by atoms with Crippen molar-refractivity contribution in [1.29, 1.82) is 5.26 Å². The maximum Gasteiger partial charge on any atom is 0.351 e. The molecule has 0 radical (unpaired) electrons. The molecule has 7 atom stereocenters. The molecule has 1 aromatic carbocycles. The van der Waals surface area contributed by atoms with Crippen LogP contribution in [0.2, 0.25) is 0 Å². The van der Waals surface area contributed by atoms with Gasteiger partial charge in [0.05, 0.1) is 46.7 Å². The number of esters is 1. The number of aliphatic hydroxyl groups excluding tert-OH is 1. The summed E-state index contributed by atoms with van der Waals surface area (Å²) >= 11 is 2.09. The zero-order chi connectivity index (χ0) is 31.7. The number of thiazole rings is 1. The number of ether oxygens (including phenoxy) is 1. The molecule has 4 aliphatic rings. The number of benzene rings is 1. The van der Waals surface area contributed by atoms with E-state index in [1.54, 1.807) is 24.6 Å². The van der Waals surface area contributed by atoms with E-state index in [0.29, 0.717) is 29.8 Å². The minimum Gasteiger partial charge on any atom is -0.445 e. The molecular weight excluding hydrogens is 612 g/mol. The minimum absolute atomic E-state index is 0.0345. The second-order valence-corrected chi connectivity index (χ2v) is 15.3. The fourth-order valence-corrected chi connectivity index (χ4v) is 10.9. The van der Waals surface area contributed by atoms with E-state index < -0.39 is 23.1 Å². The van der Waals surface area contributed by atoms with Crippen LogP contribution in [0.3, 0.4) is 0 Å². The van der Waals surface area contributed by atoms with E-state index in [-0.39, 0.29) is 39.9 Å². The lowest BCUT2D eigenvalue weighted by Crippen LogP contribution is -2.62. The largest absolute Gasteiger partial charge is 0.445 e. The standard InChI is InChI=1S/C34H35FN4O4S2/c1-19-29(45-18-37-19)30(41)43-34(31(42)44-13-12-36)11-10-25-24-9-4-21-14-26-20(17-38-39(26)23-7-5-22(35)6-8-23)15-32(21,2)28(24)27(40)16-33(25,34)3/h5-8,14,17-18,24-25,27-28,40H,4,9-11,13,15-16H2,1-3H3/t24-,25-,27-,28+,32-,33-,34-/m0/s1. The summed E-state index contributed by atoms with van der Waals surface area (Å²) in [4.78, 5) is 32.1. The van der Waals surface area contributed by atoms with Gasteiger partial charge < -0.3 is 9.84 Å². The number of thioether (sulfide) groups is 1. The van der Waals surface area contributed by atoms with Crippen molar-refractivity contribution in [3.8, 4) is 11.8 Å². The molecule has 0 amide bonds. The van der Waals surface area contributed by atoms with Gasteiger partial charge in [-0.15, -0.1) is 11.3 Å². The van der Waals surface area contributed by atoms with Gasteiger partial charge in [-0.3, -0.25) is 4.79 Å². The Morgan fingerprint density at radius 2 is 2.04 bits per heavy atom. The SMILES string of the molecule is Cc1ncsc1C(=O)O[C@]1(C(=O)SCC#N)CC[C@H]2[C@@H]3CCC4=Cc5c(cnn5-c5ccc(F)cc5)C[C@]4(C)[C@H]3[C@@H](O)C[C@@]21C. The summed E-state index contributed by atoms with van der Waals surface area (Å²) in [6.45, 7) is 6.01. The second kappa shape index (κ2) is 10.9. The van der Waals surface area contributed by atoms with Crippen LogP contribution < -0.4 is 0 Å². The van der Waals surface area contributed by atoms with Gasteiger partial charge in [0, 0.05) is 5.41 Å². The lowest BCUT2D eigenvalue weighted by molar-refractivity contribution is -0.174. The number of rotatable bonds is 5. The minimum atomic E-state index is -1.45. The Morgan fingerprint density at radius 3 is 2.76 bits per heavy atom. The molecule has 3 aromatic rings. The Balaban J connectivity index is 1.23. The van der Waals surface area contributed by atoms with Crippen molar-refractivity contribution in [1.82, 2.24) is 14.8 Å². The van der Waals surface area contributed by atoms with Crippen LogP contribution in [0.4, 0.5) is 4.39 Å². The van der Waals surface area contributed by atoms with Gasteiger partial charge in [-0.25, -0.2) is 18.9 Å². The number of aliphatic hydroxyl groups is 1. The lowest BCUT2D eigenvalue weighted by Gasteiger charge is -2.60. The summed E-state index contributed by atoms with van der Waals surface area (Å²) in [5.74, 6) is -0.776. The summed E-state index contributed by atoms with van der Waals surface area (Å²) in [7, 11) is 0. The van der Waals surface area contributed by atoms with E-state index in [2.05, 4.69) is 23.1 Å². The number of aromatic nitrogens is 3. The summed E-state index contributed by atoms with van der Waals surface area (Å²) in [6, 6.07) is 8.36. The Morgan fingerprint density at radius 1 is 1.27 bits per heavy atom. The third-order valence-electron chi connectivity index (χ3n) is 11.4. The third-order valence-corrected chi connectivity index (χ3v) is 13.2. The van der Waals surface area contributed by atoms with Crippen molar-refractivity contribution in [2.45, 2.75) is 71.0 Å². The van der Waals surface area contributed by atoms with E-state index in [0.717, 1.165) is 48.0 Å². The van der Waals surface area contributed by atoms with Gasteiger partial charge in [0.25, 0.3) is 0 Å². The van der Waals surface area contributed by atoms with Crippen molar-refractivity contribution >= 4 is 40.3 Å². The Bertz CT molecular complexity index is 1760. The highest BCUT2D eigenvalue weighted by atomic mass is 32.2. The number of fused-ring (bicyclic) bond motifs is 6. The summed E-state index contributed by atoms with van der Waals surface area (Å²) in [5.41, 5.74) is 3.74. The van der Waals surface area contributed by atoms with Crippen LogP contribution in [0.1, 0.15) is 72.6 Å². The van der Waals surface area contributed by atoms with Crippen LogP contribution in [0, 0.1) is 52.7 Å². The number of allylic oxidation sites excluding steroid dienone is 1. The number of hydrogen-bond acceptors (Lipinski definition) is 9. The predicted octanol–water partition coefficient (Wildman–Crippen LogP) is 6.31. The molecule has 2 aromatic heterocycles. The van der Waals surface area contributed by atoms with E-state index in [4.69, 9.17) is 4.74 Å². The maximum atomic E-state index is 14.0. The van der Waals surface area contributed by atoms with E-state index in [1.165, 1.54) is 29.0 Å². The van der Waals surface area contributed by atoms with Crippen LogP contribution in [-0.2, 0) is 16.0 Å². The maximum absolute atomic E-state index is 14.0. The van der Waals surface area contributed by atoms with Crippen LogP contribution >= 0.6 is 23.1 Å². The molecule has 4 aliphatic carbocycles. The Hall–Kier alpha value is -3.33. The molecule has 1 N–H and O–H groups in total. The highest BCUT2D eigenvalue weighted by molar-refractivity contribution is 8.14. The molecule has 3 saturated carbocycles. The first kappa shape index (κ1) is 30.3. The number of carbonyl (C=O) groups excluding carboxylic acids is 2. The molecule has 0 aliphatic heterocycles. The number of hydrogen-bond donors (Lipinski definition) is 1. The fourth-order valence-electron chi connectivity index (χ4n) is 9.42. The van der Waals surface area contributed by atoms with Crippen molar-refractivity contribution in [3.05, 3.63) is 69.2 Å². The molecule has 0 unspecified atom stereocenters. The van der Waals surface area contributed by atoms with Crippen LogP contribution in [-0.4, -0.2) is 48.4 Å². The summed E-state index contributed by atoms with van der Waals surface area (Å²) < 4.78 is 21.8. The van der Waals surface area contributed by atoms with Crippen LogP contribution in [0.15, 0.2) is 41.5 Å². The molecule has 45 heavy (non-hydrogen) atoms. The lowest BCUT2D eigenvalue weighted by atomic mass is 9.45. The monoisotopic (exact) mass is 646 g/mol. The quantitative estimate of drug-likeness (QED) is 0.321. The van der Waals surface area contributed by atoms with Gasteiger partial charge in [-0.2, -0.15) is 10.4 Å². The topological polar surface area (TPSA) is 118 Å². The number of aryl methyl sites for hydroxylation is 1. The van der Waals surface area contributed by atoms with E-state index in [1.807, 2.05) is 23.9 Å². The van der Waals surface area contributed by atoms with Crippen molar-refractivity contribution in [3.63, 3.8) is 0 Å². The smallest absolute Gasteiger partial charge is 0.351 e. The summed E-state index contributed by atoms with van der Waals surface area (Å²) in [5, 5.41) is 25.8. The van der Waals surface area contributed by atoms with Gasteiger partial charge >= 0.3 is 5.97 Å². The van der Waals surface area contributed by atoms with Gasteiger partial charge in [0.15, 0.2) is 5.60 Å². The normalized spacial score (nSPS) is 33.2. The molecule has 0 bridgehead atoms. The molecule has 8 nitrogen and oxygen atoms in total. The second-order valence-electron chi connectivity index (χ2n) is 13.5. The number of nitrogens with zero attached hydrogens (tertiary/aromatic N) is 4. The zero-order valence-corrected chi connectivity index (χ0v) is 27.1. The predicted molar refractivity (Wildman–Crippen MR) is 169 cm³/mol. The summed E-state index contributed by atoms with van der Waals surface area (Å²) in [6.07, 6.45) is 7.15. The van der Waals surface area contributed by atoms with Crippen LogP contribution in [0.25, 0.3) is 11.8 Å². The average molecular weight is 647 g/mol. The van der Waals surface area contributed by atoms with Crippen molar-refractivity contribution in [2.75, 3.05) is 5.75 Å². The Kier molecular flexibility index (Phi) is 7.34. The molecule has 11 heteroatoms. The van der Waals surface area contributed by atoms with Gasteiger partial charge in [-0.05, 0) is 105 Å². The van der Waals surface area contributed by atoms with Gasteiger partial charge in [0.2, 0.25) is 5.12 Å². The fraction of sp³-hybridized carbons (Fsp3) is 0.500. The first-order valence-electron chi connectivity index (χ1n) is 15.4. The molecule has 7 rings (SSSR count). The number of nitriles is 1. The van der Waals surface area contributed by atoms with Crippen LogP contribution in [0.5, 0.6) is 0 Å². The molecular formula is C34H35FN4O4S2. The molecule has 234 valence electrons. The van der Waals surface area contributed by atoms with Crippen molar-refractivity contribution in [2.24, 2.45) is 28.6 Å². The first-order chi connectivity index (χ1) is 21.5. The molecule has 3 fully saturated rings. The third kappa shape index (κ3) is 4.47. The van der Waals surface area contributed by atoms with Gasteiger partial charge in [-0.1, -0.05) is 31.2 Å². The van der Waals surface area contributed by atoms with E-state index >= 15 is 0 Å². The highest BCUT2D eigenvalue weighted by Gasteiger charge is 2.70. The van der Waals surface area contributed by atoms with E-state index in [9.17, 15) is 24.3 Å². The Labute approximate surface area is 269 Å².